The summed E-state index contributed by atoms with van der Waals surface area (Å²) >= 11 is 0. The van der Waals surface area contributed by atoms with Crippen LogP contribution in [0.5, 0.6) is 0 Å². The van der Waals surface area contributed by atoms with E-state index in [-0.39, 0.29) is 16.8 Å². The van der Waals surface area contributed by atoms with E-state index in [2.05, 4.69) is 34.2 Å². The molecule has 168 valence electrons. The Balaban J connectivity index is 1.53. The number of benzene rings is 1. The van der Waals surface area contributed by atoms with Crippen LogP contribution < -0.4 is 5.56 Å². The Labute approximate surface area is 191 Å². The molecule has 2 saturated carbocycles. The average molecular weight is 442 g/mol. The number of carbonyl (C=O) groups is 1. The fraction of sp³-hybridized carbons (Fsp3) is 0.385. The van der Waals surface area contributed by atoms with Gasteiger partial charge in [0, 0.05) is 36.1 Å². The molecule has 0 aliphatic heterocycles. The Morgan fingerprint density at radius 1 is 1.24 bits per heavy atom. The van der Waals surface area contributed by atoms with Crippen molar-refractivity contribution >= 4 is 16.7 Å². The van der Waals surface area contributed by atoms with Crippen molar-refractivity contribution in [3.8, 4) is 5.69 Å². The van der Waals surface area contributed by atoms with Gasteiger partial charge in [-0.05, 0) is 67.7 Å². The van der Waals surface area contributed by atoms with Crippen molar-refractivity contribution in [3.05, 3.63) is 75.9 Å². The summed E-state index contributed by atoms with van der Waals surface area (Å²) in [6.07, 6.45) is 9.57. The van der Waals surface area contributed by atoms with Gasteiger partial charge in [-0.15, -0.1) is 10.2 Å². The second-order valence-corrected chi connectivity index (χ2v) is 9.95. The third-order valence-electron chi connectivity index (χ3n) is 7.48. The van der Waals surface area contributed by atoms with Gasteiger partial charge in [0.2, 0.25) is 0 Å². The Bertz CT molecular complexity index is 1460. The van der Waals surface area contributed by atoms with Crippen LogP contribution in [0.1, 0.15) is 72.8 Å². The minimum Gasteiger partial charge on any atom is -0.356 e. The van der Waals surface area contributed by atoms with Crippen LogP contribution in [0.2, 0.25) is 0 Å². The van der Waals surface area contributed by atoms with Crippen LogP contribution in [0.3, 0.4) is 0 Å². The number of carbonyl (C=O) groups excluding carboxylic acids is 1. The zero-order valence-electron chi connectivity index (χ0n) is 19.1. The standard InChI is InChI=1S/C26H27N5O2/c1-15-10-26(11-15,25-29-28-14-30(25)3)18-5-4-6-19(9-18)31-13-21(17-7-8-17)22-20(16(2)32)12-27-23(22)24(31)33/h4-6,9,12-15,17,27H,7-8,10-11H2,1-3H3/t15-,26+. The van der Waals surface area contributed by atoms with Gasteiger partial charge in [-0.2, -0.15) is 0 Å². The monoisotopic (exact) mass is 441 g/mol. The van der Waals surface area contributed by atoms with E-state index >= 15 is 0 Å². The molecule has 0 bridgehead atoms. The van der Waals surface area contributed by atoms with Gasteiger partial charge in [-0.3, -0.25) is 14.2 Å². The molecule has 1 N–H and O–H groups in total. The molecule has 7 nitrogen and oxygen atoms in total. The number of H-pyrrole nitrogens is 1. The number of aromatic nitrogens is 5. The molecule has 6 rings (SSSR count). The summed E-state index contributed by atoms with van der Waals surface area (Å²) in [7, 11) is 1.99. The maximum absolute atomic E-state index is 13.5. The normalized spacial score (nSPS) is 22.5. The van der Waals surface area contributed by atoms with Gasteiger partial charge in [0.15, 0.2) is 5.78 Å². The van der Waals surface area contributed by atoms with Gasteiger partial charge in [0.1, 0.15) is 17.7 Å². The van der Waals surface area contributed by atoms with Gasteiger partial charge in [0.05, 0.1) is 5.41 Å². The molecule has 0 radical (unpaired) electrons. The number of fused-ring (bicyclic) bond motifs is 1. The van der Waals surface area contributed by atoms with Crippen LogP contribution >= 0.6 is 0 Å². The highest BCUT2D eigenvalue weighted by atomic mass is 16.1. The molecule has 0 saturated heterocycles. The summed E-state index contributed by atoms with van der Waals surface area (Å²) in [6, 6.07) is 8.26. The maximum Gasteiger partial charge on any atom is 0.279 e. The predicted octanol–water partition coefficient (Wildman–Crippen LogP) is 4.24. The molecule has 2 aliphatic rings. The van der Waals surface area contributed by atoms with Gasteiger partial charge < -0.3 is 9.55 Å². The van der Waals surface area contributed by atoms with Crippen molar-refractivity contribution in [1.82, 2.24) is 24.3 Å². The van der Waals surface area contributed by atoms with E-state index < -0.39 is 0 Å². The number of aryl methyl sites for hydroxylation is 1. The Kier molecular flexibility index (Phi) is 4.28. The van der Waals surface area contributed by atoms with Gasteiger partial charge in [0.25, 0.3) is 5.56 Å². The smallest absolute Gasteiger partial charge is 0.279 e. The van der Waals surface area contributed by atoms with Crippen LogP contribution in [0.4, 0.5) is 0 Å². The Hall–Kier alpha value is -3.48. The van der Waals surface area contributed by atoms with E-state index in [9.17, 15) is 9.59 Å². The molecule has 33 heavy (non-hydrogen) atoms. The van der Waals surface area contributed by atoms with Crippen molar-refractivity contribution in [1.29, 1.82) is 0 Å². The summed E-state index contributed by atoms with van der Waals surface area (Å²) < 4.78 is 3.75. The molecule has 0 spiro atoms. The summed E-state index contributed by atoms with van der Waals surface area (Å²) in [5, 5.41) is 9.38. The SMILES string of the molecule is CC(=O)c1c[nH]c2c(=O)n(-c3cccc([C@]4(c5nncn5C)C[C@@H](C)C4)c3)cc(C3CC3)c12. The molecule has 7 heteroatoms. The average Bonchev–Trinajstić information content (AvgIpc) is 3.36. The first kappa shape index (κ1) is 20.1. The number of hydrogen-bond acceptors (Lipinski definition) is 4. The van der Waals surface area contributed by atoms with E-state index in [4.69, 9.17) is 0 Å². The van der Waals surface area contributed by atoms with Crippen LogP contribution in [0.15, 0.2) is 47.8 Å². The number of rotatable bonds is 5. The van der Waals surface area contributed by atoms with E-state index in [1.54, 1.807) is 24.0 Å². The first-order valence-corrected chi connectivity index (χ1v) is 11.6. The van der Waals surface area contributed by atoms with Crippen LogP contribution in [-0.4, -0.2) is 30.1 Å². The Morgan fingerprint density at radius 2 is 2.03 bits per heavy atom. The highest BCUT2D eigenvalue weighted by Crippen LogP contribution is 2.51. The quantitative estimate of drug-likeness (QED) is 0.469. The van der Waals surface area contributed by atoms with E-state index in [0.717, 1.165) is 53.7 Å². The molecular weight excluding hydrogens is 414 g/mol. The Morgan fingerprint density at radius 3 is 2.67 bits per heavy atom. The molecule has 2 aliphatic carbocycles. The largest absolute Gasteiger partial charge is 0.356 e. The van der Waals surface area contributed by atoms with E-state index in [1.165, 1.54) is 0 Å². The lowest BCUT2D eigenvalue weighted by molar-refractivity contribution is 0.101. The molecule has 3 aromatic heterocycles. The number of aromatic amines is 1. The highest BCUT2D eigenvalue weighted by molar-refractivity contribution is 6.08. The van der Waals surface area contributed by atoms with Crippen molar-refractivity contribution in [2.45, 2.75) is 50.9 Å². The number of nitrogens with zero attached hydrogens (tertiary/aromatic N) is 4. The number of ketones is 1. The molecular formula is C26H27N5O2. The molecule has 1 aromatic carbocycles. The van der Waals surface area contributed by atoms with Gasteiger partial charge in [-0.25, -0.2) is 0 Å². The van der Waals surface area contributed by atoms with Crippen molar-refractivity contribution in [3.63, 3.8) is 0 Å². The third kappa shape index (κ3) is 2.95. The molecule has 0 unspecified atom stereocenters. The zero-order valence-corrected chi connectivity index (χ0v) is 19.1. The van der Waals surface area contributed by atoms with E-state index in [0.29, 0.717) is 22.9 Å². The van der Waals surface area contributed by atoms with Gasteiger partial charge in [-0.1, -0.05) is 19.1 Å². The van der Waals surface area contributed by atoms with Crippen LogP contribution in [0.25, 0.3) is 16.6 Å². The highest BCUT2D eigenvalue weighted by Gasteiger charge is 2.48. The first-order chi connectivity index (χ1) is 15.9. The summed E-state index contributed by atoms with van der Waals surface area (Å²) in [5.74, 6) is 1.95. The fourth-order valence-corrected chi connectivity index (χ4v) is 5.80. The van der Waals surface area contributed by atoms with E-state index in [1.807, 2.05) is 29.9 Å². The van der Waals surface area contributed by atoms with Crippen molar-refractivity contribution < 1.29 is 4.79 Å². The molecule has 0 atom stereocenters. The minimum absolute atomic E-state index is 0.0213. The predicted molar refractivity (Wildman–Crippen MR) is 126 cm³/mol. The molecule has 3 heterocycles. The molecule has 0 amide bonds. The topological polar surface area (TPSA) is 85.6 Å². The lowest BCUT2D eigenvalue weighted by Gasteiger charge is -2.46. The van der Waals surface area contributed by atoms with Crippen molar-refractivity contribution in [2.24, 2.45) is 13.0 Å². The van der Waals surface area contributed by atoms with Crippen molar-refractivity contribution in [2.75, 3.05) is 0 Å². The summed E-state index contributed by atoms with van der Waals surface area (Å²) in [4.78, 5) is 28.8. The first-order valence-electron chi connectivity index (χ1n) is 11.6. The van der Waals surface area contributed by atoms with Crippen LogP contribution in [-0.2, 0) is 12.5 Å². The second kappa shape index (κ2) is 7.01. The number of Topliss-reactive ketones (excluding diaryl/α,β-unsaturated/α-hetero) is 1. The minimum atomic E-state index is -0.193. The molecule has 4 aromatic rings. The molecule has 2 fully saturated rings. The summed E-state index contributed by atoms with van der Waals surface area (Å²) in [6.45, 7) is 3.82. The van der Waals surface area contributed by atoms with Gasteiger partial charge >= 0.3 is 0 Å². The lowest BCUT2D eigenvalue weighted by atomic mass is 9.58. The lowest BCUT2D eigenvalue weighted by Crippen LogP contribution is -2.43. The zero-order chi connectivity index (χ0) is 22.9. The summed E-state index contributed by atoms with van der Waals surface area (Å²) in [5.41, 5.74) is 3.87. The fourth-order valence-electron chi connectivity index (χ4n) is 5.80. The number of nitrogens with one attached hydrogen (secondary N) is 1. The second-order valence-electron chi connectivity index (χ2n) is 9.95. The van der Waals surface area contributed by atoms with Crippen LogP contribution in [0, 0.1) is 5.92 Å². The number of pyridine rings is 1. The third-order valence-corrected chi connectivity index (χ3v) is 7.48. The number of hydrogen-bond donors (Lipinski definition) is 1. The maximum atomic E-state index is 13.5.